The molecule has 0 aliphatic heterocycles. The first-order chi connectivity index (χ1) is 15.9. The topological polar surface area (TPSA) is 75.6 Å². The van der Waals surface area contributed by atoms with Crippen molar-refractivity contribution in [1.82, 2.24) is 0 Å². The maximum atomic E-state index is 13.0. The number of hydrogen-bond donors (Lipinski definition) is 2. The average molecular weight is 468 g/mol. The molecule has 0 radical (unpaired) electrons. The van der Waals surface area contributed by atoms with Crippen LogP contribution in [0.3, 0.4) is 0 Å². The van der Waals surface area contributed by atoms with Crippen LogP contribution in [0, 0.1) is 5.92 Å². The summed E-state index contributed by atoms with van der Waals surface area (Å²) in [4.78, 5) is 24.5. The van der Waals surface area contributed by atoms with Crippen LogP contribution in [0.25, 0.3) is 6.08 Å². The second-order valence-electron chi connectivity index (χ2n) is 9.42. The molecule has 2 N–H and O–H groups in total. The molecule has 33 heavy (non-hydrogen) atoms. The Balaban J connectivity index is 1.70. The van der Waals surface area contributed by atoms with Crippen LogP contribution in [0.2, 0.25) is 5.02 Å². The number of benzene rings is 2. The van der Waals surface area contributed by atoms with Crippen molar-refractivity contribution in [2.24, 2.45) is 5.92 Å². The molecule has 0 saturated heterocycles. The molecule has 1 atom stereocenters. The van der Waals surface area contributed by atoms with Gasteiger partial charge in [-0.25, -0.2) is 4.79 Å². The molecule has 1 saturated carbocycles. The number of carbonyl (C=O) groups is 2. The van der Waals surface area contributed by atoms with Crippen LogP contribution in [-0.2, 0) is 14.9 Å². The fourth-order valence-electron chi connectivity index (χ4n) is 5.49. The number of nitrogens with one attached hydrogen (secondary N) is 1. The molecule has 0 amide bonds. The second kappa shape index (κ2) is 9.32. The Morgan fingerprint density at radius 1 is 1.21 bits per heavy atom. The third-order valence-corrected chi connectivity index (χ3v) is 7.53. The van der Waals surface area contributed by atoms with E-state index in [-0.39, 0.29) is 23.9 Å². The number of ether oxygens (including phenoxy) is 1. The number of aldehydes is 1. The van der Waals surface area contributed by atoms with Crippen LogP contribution < -0.4 is 5.32 Å². The number of aliphatic hydroxyl groups is 1. The van der Waals surface area contributed by atoms with Crippen molar-refractivity contribution in [3.8, 4) is 0 Å². The lowest BCUT2D eigenvalue weighted by Gasteiger charge is -2.46. The van der Waals surface area contributed by atoms with Gasteiger partial charge in [-0.05, 0) is 73.4 Å². The predicted octanol–water partition coefficient (Wildman–Crippen LogP) is 5.40. The van der Waals surface area contributed by atoms with E-state index >= 15 is 0 Å². The summed E-state index contributed by atoms with van der Waals surface area (Å²) in [6, 6.07) is 13.2. The lowest BCUT2D eigenvalue weighted by atomic mass is 9.61. The highest BCUT2D eigenvalue weighted by Gasteiger charge is 2.52. The molecule has 1 spiro atoms. The number of methoxy groups -OCH3 is 1. The summed E-state index contributed by atoms with van der Waals surface area (Å²) in [5, 5.41) is 13.7. The van der Waals surface area contributed by atoms with Crippen molar-refractivity contribution in [3.05, 3.63) is 69.8 Å². The Morgan fingerprint density at radius 3 is 2.61 bits per heavy atom. The number of esters is 1. The van der Waals surface area contributed by atoms with E-state index in [0.29, 0.717) is 23.4 Å². The predicted molar refractivity (Wildman–Crippen MR) is 131 cm³/mol. The number of allylic oxidation sites excluding steroid dienone is 1. The molecule has 5 nitrogen and oxygen atoms in total. The summed E-state index contributed by atoms with van der Waals surface area (Å²) in [5.74, 6) is -0.156. The van der Waals surface area contributed by atoms with Gasteiger partial charge in [0.2, 0.25) is 0 Å². The van der Waals surface area contributed by atoms with Crippen molar-refractivity contribution in [2.45, 2.75) is 50.0 Å². The normalized spacial score (nSPS) is 24.7. The summed E-state index contributed by atoms with van der Waals surface area (Å²) in [7, 11) is 1.42. The summed E-state index contributed by atoms with van der Waals surface area (Å²) >= 11 is 6.17. The first-order valence-electron chi connectivity index (χ1n) is 11.4. The molecule has 0 aromatic heterocycles. The van der Waals surface area contributed by atoms with Gasteiger partial charge >= 0.3 is 5.97 Å². The Hall–Kier alpha value is -2.63. The van der Waals surface area contributed by atoms with Gasteiger partial charge in [0.25, 0.3) is 0 Å². The Kier molecular flexibility index (Phi) is 6.64. The summed E-state index contributed by atoms with van der Waals surface area (Å²) in [6.07, 6.45) is 6.47. The highest BCUT2D eigenvalue weighted by molar-refractivity contribution is 6.30. The van der Waals surface area contributed by atoms with Crippen molar-refractivity contribution in [2.75, 3.05) is 19.0 Å². The Labute approximate surface area is 199 Å². The molecule has 1 fully saturated rings. The number of halogens is 1. The van der Waals surface area contributed by atoms with Gasteiger partial charge in [0.15, 0.2) is 0 Å². The first kappa shape index (κ1) is 23.5. The third-order valence-electron chi connectivity index (χ3n) is 7.29. The van der Waals surface area contributed by atoms with E-state index in [4.69, 9.17) is 16.3 Å². The lowest BCUT2D eigenvalue weighted by molar-refractivity contribution is -0.147. The fraction of sp³-hybridized carbons (Fsp3) is 0.407. The molecule has 2 aromatic rings. The van der Waals surface area contributed by atoms with Gasteiger partial charge in [0.1, 0.15) is 11.8 Å². The van der Waals surface area contributed by atoms with Crippen LogP contribution in [0.5, 0.6) is 0 Å². The third kappa shape index (κ3) is 4.32. The Morgan fingerprint density at radius 2 is 1.97 bits per heavy atom. The van der Waals surface area contributed by atoms with Crippen LogP contribution in [0.1, 0.15) is 60.5 Å². The van der Waals surface area contributed by atoms with Crippen molar-refractivity contribution >= 4 is 35.6 Å². The largest absolute Gasteiger partial charge is 0.467 e. The molecule has 0 bridgehead atoms. The lowest BCUT2D eigenvalue weighted by Crippen LogP contribution is -2.52. The maximum Gasteiger partial charge on any atom is 0.331 e. The number of aliphatic hydroxyl groups excluding tert-OH is 1. The van der Waals surface area contributed by atoms with Gasteiger partial charge in [-0.2, -0.15) is 0 Å². The molecule has 0 unspecified atom stereocenters. The van der Waals surface area contributed by atoms with Crippen LogP contribution in [0.15, 0.2) is 48.0 Å². The number of rotatable bonds is 7. The SMILES string of the molecule is COC(=O)C1(Nc2cccc(Cl)c2)CCC2(CC1)C(C[C@@H](C)CO)=Cc1ccc(C=O)cc12. The van der Waals surface area contributed by atoms with Crippen LogP contribution >= 0.6 is 11.6 Å². The number of fused-ring (bicyclic) bond motifs is 2. The minimum absolute atomic E-state index is 0.117. The zero-order valence-electron chi connectivity index (χ0n) is 19.1. The number of anilines is 1. The molecular formula is C27H30ClNO4. The number of carbonyl (C=O) groups excluding carboxylic acids is 2. The fourth-order valence-corrected chi connectivity index (χ4v) is 5.68. The van der Waals surface area contributed by atoms with E-state index in [1.54, 1.807) is 6.07 Å². The minimum atomic E-state index is -0.858. The van der Waals surface area contributed by atoms with E-state index in [1.165, 1.54) is 12.7 Å². The van der Waals surface area contributed by atoms with E-state index in [1.807, 2.05) is 43.3 Å². The van der Waals surface area contributed by atoms with Gasteiger partial charge in [-0.3, -0.25) is 4.79 Å². The van der Waals surface area contributed by atoms with Crippen molar-refractivity contribution in [3.63, 3.8) is 0 Å². The average Bonchev–Trinajstić information content (AvgIpc) is 3.11. The summed E-state index contributed by atoms with van der Waals surface area (Å²) in [5.41, 5.74) is 3.85. The zero-order valence-corrected chi connectivity index (χ0v) is 19.8. The minimum Gasteiger partial charge on any atom is -0.467 e. The molecule has 2 aliphatic rings. The van der Waals surface area contributed by atoms with Crippen molar-refractivity contribution < 1.29 is 19.4 Å². The quantitative estimate of drug-likeness (QED) is 0.421. The summed E-state index contributed by atoms with van der Waals surface area (Å²) < 4.78 is 5.23. The van der Waals surface area contributed by atoms with Gasteiger partial charge in [-0.15, -0.1) is 0 Å². The molecule has 2 aromatic carbocycles. The Bertz CT molecular complexity index is 1090. The van der Waals surface area contributed by atoms with E-state index in [2.05, 4.69) is 11.4 Å². The monoisotopic (exact) mass is 467 g/mol. The van der Waals surface area contributed by atoms with E-state index in [0.717, 1.165) is 42.4 Å². The van der Waals surface area contributed by atoms with Crippen molar-refractivity contribution in [1.29, 1.82) is 0 Å². The van der Waals surface area contributed by atoms with Crippen LogP contribution in [-0.4, -0.2) is 36.6 Å². The van der Waals surface area contributed by atoms with Gasteiger partial charge < -0.3 is 15.2 Å². The van der Waals surface area contributed by atoms with E-state index in [9.17, 15) is 14.7 Å². The van der Waals surface area contributed by atoms with E-state index < -0.39 is 5.54 Å². The van der Waals surface area contributed by atoms with Crippen LogP contribution in [0.4, 0.5) is 5.69 Å². The molecule has 174 valence electrons. The smallest absolute Gasteiger partial charge is 0.331 e. The highest BCUT2D eigenvalue weighted by Crippen LogP contribution is 2.55. The molecule has 6 heteroatoms. The van der Waals surface area contributed by atoms with Gasteiger partial charge in [-0.1, -0.05) is 48.4 Å². The zero-order chi connectivity index (χ0) is 23.6. The molecule has 4 rings (SSSR count). The molecule has 2 aliphatic carbocycles. The maximum absolute atomic E-state index is 13.0. The molecular weight excluding hydrogens is 438 g/mol. The van der Waals surface area contributed by atoms with Gasteiger partial charge in [0, 0.05) is 28.3 Å². The number of hydrogen-bond acceptors (Lipinski definition) is 5. The first-order valence-corrected chi connectivity index (χ1v) is 11.8. The summed E-state index contributed by atoms with van der Waals surface area (Å²) in [6.45, 7) is 2.16. The highest BCUT2D eigenvalue weighted by atomic mass is 35.5. The molecule has 0 heterocycles. The standard InChI is InChI=1S/C27H30ClNO4/c1-18(16-30)12-21-14-20-7-6-19(17-31)13-24(20)26(21)8-10-27(11-9-26,25(32)33-2)29-23-5-3-4-22(28)15-23/h3-7,13-15,17-18,29-30H,8-12,16H2,1-2H3/t18-,26?,27?/m1/s1. The van der Waals surface area contributed by atoms with Gasteiger partial charge in [0.05, 0.1) is 7.11 Å². The second-order valence-corrected chi connectivity index (χ2v) is 9.85.